The number of anilines is 1. The van der Waals surface area contributed by atoms with Crippen LogP contribution in [-0.2, 0) is 17.9 Å². The Morgan fingerprint density at radius 2 is 1.84 bits per heavy atom. The van der Waals surface area contributed by atoms with E-state index < -0.39 is 17.7 Å². The maximum Gasteiger partial charge on any atom is 0.319 e. The minimum atomic E-state index is -0.791. The number of allylic oxidation sites excluding steroid dienone is 5. The van der Waals surface area contributed by atoms with Gasteiger partial charge in [0.25, 0.3) is 0 Å². The van der Waals surface area contributed by atoms with Crippen LogP contribution in [0.25, 0.3) is 10.9 Å². The molecule has 1 aliphatic rings. The van der Waals surface area contributed by atoms with Crippen LogP contribution < -0.4 is 16.0 Å². The second-order valence-electron chi connectivity index (χ2n) is 13.1. The summed E-state index contributed by atoms with van der Waals surface area (Å²) in [6.07, 6.45) is 12.2. The molecule has 2 aromatic heterocycles. The Hall–Kier alpha value is -4.54. The highest BCUT2D eigenvalue weighted by Crippen LogP contribution is 2.24. The molecule has 3 amide bonds. The summed E-state index contributed by atoms with van der Waals surface area (Å²) < 4.78 is 26.5. The maximum absolute atomic E-state index is 13.2. The first-order valence-corrected chi connectivity index (χ1v) is 18.5. The van der Waals surface area contributed by atoms with Gasteiger partial charge in [-0.15, -0.1) is 11.3 Å². The minimum absolute atomic E-state index is 0.0527. The van der Waals surface area contributed by atoms with Crippen LogP contribution in [-0.4, -0.2) is 47.1 Å². The van der Waals surface area contributed by atoms with Gasteiger partial charge in [-0.1, -0.05) is 55.3 Å². The zero-order valence-electron chi connectivity index (χ0n) is 30.2. The Morgan fingerprint density at radius 3 is 2.51 bits per heavy atom. The van der Waals surface area contributed by atoms with E-state index in [2.05, 4.69) is 52.4 Å². The highest BCUT2D eigenvalue weighted by molar-refractivity contribution is 7.09. The molecule has 3 N–H and O–H groups in total. The van der Waals surface area contributed by atoms with Crippen molar-refractivity contribution < 1.29 is 18.4 Å². The van der Waals surface area contributed by atoms with Gasteiger partial charge in [0.05, 0.1) is 18.6 Å². The van der Waals surface area contributed by atoms with Crippen molar-refractivity contribution in [2.24, 2.45) is 0 Å². The molecule has 0 bridgehead atoms. The van der Waals surface area contributed by atoms with Crippen LogP contribution in [0, 0.1) is 18.6 Å². The fourth-order valence-electron chi connectivity index (χ4n) is 6.15. The Labute approximate surface area is 305 Å². The van der Waals surface area contributed by atoms with E-state index in [4.69, 9.17) is 0 Å². The molecular formula is C41H51F2N5O2S. The monoisotopic (exact) mass is 715 g/mol. The molecule has 0 radical (unpaired) electrons. The number of thiophene rings is 1. The number of hydrogen-bond donors (Lipinski definition) is 3. The van der Waals surface area contributed by atoms with Crippen molar-refractivity contribution in [3.8, 4) is 0 Å². The van der Waals surface area contributed by atoms with Gasteiger partial charge in [-0.2, -0.15) is 0 Å². The van der Waals surface area contributed by atoms with Crippen molar-refractivity contribution in [3.63, 3.8) is 0 Å². The van der Waals surface area contributed by atoms with E-state index in [0.717, 1.165) is 52.0 Å². The molecule has 51 heavy (non-hydrogen) atoms. The van der Waals surface area contributed by atoms with Gasteiger partial charge in [0.1, 0.15) is 0 Å². The summed E-state index contributed by atoms with van der Waals surface area (Å²) in [5, 5.41) is 12.4. The molecule has 10 heteroatoms. The predicted octanol–water partition coefficient (Wildman–Crippen LogP) is 9.52. The topological polar surface area (TPSA) is 78.4 Å². The average Bonchev–Trinajstić information content (AvgIpc) is 3.89. The van der Waals surface area contributed by atoms with Crippen molar-refractivity contribution in [2.75, 3.05) is 25.0 Å². The summed E-state index contributed by atoms with van der Waals surface area (Å²) in [6.45, 7) is 14.8. The lowest BCUT2D eigenvalue weighted by atomic mass is 10.0. The predicted molar refractivity (Wildman–Crippen MR) is 207 cm³/mol. The Bertz CT molecular complexity index is 1820. The number of fused-ring (bicyclic) bond motifs is 1. The van der Waals surface area contributed by atoms with E-state index in [1.54, 1.807) is 18.3 Å². The zero-order chi connectivity index (χ0) is 36.8. The number of nitrogens with zero attached hydrogens (tertiary/aromatic N) is 2. The third kappa shape index (κ3) is 12.3. The number of benzene rings is 2. The van der Waals surface area contributed by atoms with Gasteiger partial charge in [-0.25, -0.2) is 13.6 Å². The van der Waals surface area contributed by atoms with Gasteiger partial charge in [0.15, 0.2) is 11.6 Å². The second-order valence-corrected chi connectivity index (χ2v) is 14.1. The number of aryl methyl sites for hydroxylation is 1. The van der Waals surface area contributed by atoms with Crippen LogP contribution in [0.4, 0.5) is 19.3 Å². The van der Waals surface area contributed by atoms with Gasteiger partial charge < -0.3 is 25.4 Å². The number of hydrogen-bond acceptors (Lipinski definition) is 4. The third-order valence-electron chi connectivity index (χ3n) is 8.92. The molecule has 5 rings (SSSR count). The smallest absolute Gasteiger partial charge is 0.319 e. The lowest BCUT2D eigenvalue weighted by molar-refractivity contribution is -0.130. The number of nitrogens with one attached hydrogen (secondary N) is 3. The van der Waals surface area contributed by atoms with E-state index in [0.29, 0.717) is 31.4 Å². The van der Waals surface area contributed by atoms with E-state index in [-0.39, 0.29) is 12.5 Å². The van der Waals surface area contributed by atoms with E-state index in [9.17, 15) is 18.4 Å². The number of halogens is 2. The zero-order valence-corrected chi connectivity index (χ0v) is 31.1. The Balaban J connectivity index is 0.000000563. The summed E-state index contributed by atoms with van der Waals surface area (Å²) in [5.41, 5.74) is 5.82. The number of carbonyl (C=O) groups excluding carboxylic acids is 2. The van der Waals surface area contributed by atoms with Crippen molar-refractivity contribution >= 4 is 39.9 Å². The highest BCUT2D eigenvalue weighted by Gasteiger charge is 2.18. The van der Waals surface area contributed by atoms with Crippen LogP contribution in [0.1, 0.15) is 63.3 Å². The van der Waals surface area contributed by atoms with Gasteiger partial charge >= 0.3 is 6.03 Å². The molecule has 2 heterocycles. The van der Waals surface area contributed by atoms with Crippen LogP contribution in [0.5, 0.6) is 0 Å². The van der Waals surface area contributed by atoms with Crippen molar-refractivity contribution in [1.29, 1.82) is 0 Å². The van der Waals surface area contributed by atoms with Crippen LogP contribution in [0.15, 0.2) is 102 Å². The summed E-state index contributed by atoms with van der Waals surface area (Å²) in [6, 6.07) is 16.0. The highest BCUT2D eigenvalue weighted by atomic mass is 32.1. The van der Waals surface area contributed by atoms with Crippen molar-refractivity contribution in [3.05, 3.63) is 124 Å². The lowest BCUT2D eigenvalue weighted by Crippen LogP contribution is -2.42. The van der Waals surface area contributed by atoms with Gasteiger partial charge in [0.2, 0.25) is 5.91 Å². The molecular weight excluding hydrogens is 665 g/mol. The fourth-order valence-corrected chi connectivity index (χ4v) is 6.87. The van der Waals surface area contributed by atoms with Gasteiger partial charge in [-0.3, -0.25) is 4.79 Å². The Morgan fingerprint density at radius 1 is 1.06 bits per heavy atom. The quantitative estimate of drug-likeness (QED) is 0.0899. The summed E-state index contributed by atoms with van der Waals surface area (Å²) >= 11 is 1.64. The molecule has 0 unspecified atom stereocenters. The molecule has 1 aliphatic carbocycles. The average molecular weight is 716 g/mol. The molecule has 2 aromatic carbocycles. The second kappa shape index (κ2) is 19.7. The third-order valence-corrected chi connectivity index (χ3v) is 9.78. The molecule has 4 aromatic rings. The standard InChI is InChI=1S/C34H45N5O2S.C7H6F2/c1-5-10-26(4)31(25(2)3)24-38-19-16-27-14-15-29(21-32(27)38)37-34(41)36-22-33(40)39(23-30-13-8-20-42-30)18-9-17-35-28-11-6-7-12-28;1-5-2-3-6(8)7(9)4-5/h5,8,10,13-16,19-21,28,35H,2,6-7,9,11-12,17-18,22-24H2,1,3-4H3,(H2,36,37,41);2-4H,1H3/b10-5-,31-26-;. The SMILES string of the molecule is C=C(C)/C(Cn1ccc2ccc(NC(=O)NCC(=O)N(CCCNC3CCCC3)Cc3cccs3)cc21)=C(C)\C=C/C.Cc1ccc(F)c(F)c1. The van der Waals surface area contributed by atoms with Crippen molar-refractivity contribution in [2.45, 2.75) is 78.9 Å². The van der Waals surface area contributed by atoms with E-state index in [1.807, 2.05) is 60.5 Å². The number of carbonyl (C=O) groups is 2. The van der Waals surface area contributed by atoms with E-state index in [1.165, 1.54) is 42.9 Å². The molecule has 0 atom stereocenters. The van der Waals surface area contributed by atoms with Crippen LogP contribution >= 0.6 is 11.3 Å². The lowest BCUT2D eigenvalue weighted by Gasteiger charge is -2.23. The minimum Gasteiger partial charge on any atom is -0.343 e. The number of rotatable bonds is 14. The first kappa shape index (κ1) is 39.2. The molecule has 272 valence electrons. The van der Waals surface area contributed by atoms with E-state index >= 15 is 0 Å². The summed E-state index contributed by atoms with van der Waals surface area (Å²) in [5.74, 6) is -1.66. The summed E-state index contributed by atoms with van der Waals surface area (Å²) in [4.78, 5) is 29.0. The van der Waals surface area contributed by atoms with Crippen molar-refractivity contribution in [1.82, 2.24) is 20.1 Å². The molecule has 1 fully saturated rings. The molecule has 7 nitrogen and oxygen atoms in total. The molecule has 0 aliphatic heterocycles. The fraction of sp³-hybridized carbons (Fsp3) is 0.366. The largest absolute Gasteiger partial charge is 0.343 e. The summed E-state index contributed by atoms with van der Waals surface area (Å²) in [7, 11) is 0. The molecule has 0 spiro atoms. The van der Waals surface area contributed by atoms with Gasteiger partial charge in [0, 0.05) is 35.9 Å². The number of urea groups is 1. The first-order chi connectivity index (χ1) is 24.5. The normalized spacial score (nSPS) is 13.5. The van der Waals surface area contributed by atoms with Gasteiger partial charge in [-0.05, 0) is 117 Å². The first-order valence-electron chi connectivity index (χ1n) is 17.6. The Kier molecular flexibility index (Phi) is 15.2. The number of aromatic nitrogens is 1. The molecule has 0 saturated heterocycles. The van der Waals surface area contributed by atoms with Crippen LogP contribution in [0.3, 0.4) is 0 Å². The van der Waals surface area contributed by atoms with Crippen LogP contribution in [0.2, 0.25) is 0 Å². The maximum atomic E-state index is 13.2. The number of amides is 3. The molecule has 1 saturated carbocycles.